The van der Waals surface area contributed by atoms with Crippen molar-refractivity contribution in [2.75, 3.05) is 11.9 Å². The Balaban J connectivity index is 1.53. The predicted molar refractivity (Wildman–Crippen MR) is 155 cm³/mol. The molecule has 1 fully saturated rings. The molecule has 1 atom stereocenters. The third-order valence-electron chi connectivity index (χ3n) is 6.90. The summed E-state index contributed by atoms with van der Waals surface area (Å²) in [6.45, 7) is 5.54. The number of anilines is 1. The third kappa shape index (κ3) is 7.08. The lowest BCUT2D eigenvalue weighted by Gasteiger charge is -2.29. The number of carbonyl (C=O) groups excluding carboxylic acids is 2. The Morgan fingerprint density at radius 3 is 2.44 bits per heavy atom. The molecule has 0 unspecified atom stereocenters. The minimum Gasteiger partial charge on any atom is -0.445 e. The van der Waals surface area contributed by atoms with E-state index in [4.69, 9.17) is 4.74 Å². The van der Waals surface area contributed by atoms with Gasteiger partial charge in [0.2, 0.25) is 5.91 Å². The normalized spacial score (nSPS) is 13.9. The van der Waals surface area contributed by atoms with Crippen molar-refractivity contribution >= 4 is 43.5 Å². The zero-order valence-electron chi connectivity index (χ0n) is 22.3. The molecule has 0 heterocycles. The molecule has 0 bridgehead atoms. The Morgan fingerprint density at radius 2 is 1.79 bits per heavy atom. The Bertz CT molecular complexity index is 1460. The number of amides is 2. The zero-order valence-corrected chi connectivity index (χ0v) is 24.7. The van der Waals surface area contributed by atoms with Crippen LogP contribution in [0.25, 0.3) is 0 Å². The van der Waals surface area contributed by atoms with Crippen LogP contribution in [0.4, 0.5) is 10.5 Å². The number of benzene rings is 3. The van der Waals surface area contributed by atoms with Crippen LogP contribution in [0, 0.1) is 6.92 Å². The Morgan fingerprint density at radius 1 is 1.08 bits per heavy atom. The quantitative estimate of drug-likeness (QED) is 0.279. The van der Waals surface area contributed by atoms with Gasteiger partial charge in [-0.1, -0.05) is 59.3 Å². The molecule has 0 aromatic heterocycles. The first-order chi connectivity index (χ1) is 18.6. The summed E-state index contributed by atoms with van der Waals surface area (Å²) < 4.78 is 32.1. The van der Waals surface area contributed by atoms with E-state index < -0.39 is 27.9 Å². The molecule has 0 aliphatic heterocycles. The van der Waals surface area contributed by atoms with E-state index in [2.05, 4.69) is 21.2 Å². The summed E-state index contributed by atoms with van der Waals surface area (Å²) in [6, 6.07) is 19.6. The van der Waals surface area contributed by atoms with Gasteiger partial charge in [0, 0.05) is 10.2 Å². The van der Waals surface area contributed by atoms with Crippen LogP contribution < -0.4 is 5.32 Å². The van der Waals surface area contributed by atoms with E-state index in [9.17, 15) is 18.0 Å². The molecule has 1 saturated carbocycles. The van der Waals surface area contributed by atoms with Crippen molar-refractivity contribution in [2.24, 2.45) is 0 Å². The average molecular weight is 614 g/mol. The van der Waals surface area contributed by atoms with Gasteiger partial charge in [0.05, 0.1) is 16.2 Å². The molecule has 3 aromatic rings. The summed E-state index contributed by atoms with van der Waals surface area (Å²) in [4.78, 5) is 28.2. The van der Waals surface area contributed by atoms with E-state index in [1.165, 1.54) is 4.90 Å². The van der Waals surface area contributed by atoms with Crippen molar-refractivity contribution in [3.8, 4) is 0 Å². The maximum absolute atomic E-state index is 13.3. The van der Waals surface area contributed by atoms with Crippen LogP contribution in [0.2, 0.25) is 0 Å². The number of halogens is 1. The second-order valence-electron chi connectivity index (χ2n) is 9.81. The zero-order chi connectivity index (χ0) is 28.2. The van der Waals surface area contributed by atoms with Crippen LogP contribution in [-0.4, -0.2) is 37.1 Å². The van der Waals surface area contributed by atoms with Crippen LogP contribution in [-0.2, 0) is 32.4 Å². The van der Waals surface area contributed by atoms with Crippen LogP contribution in [0.5, 0.6) is 0 Å². The molecule has 1 N–H and O–H groups in total. The number of aryl methyl sites for hydroxylation is 2. The van der Waals surface area contributed by atoms with Crippen molar-refractivity contribution in [1.29, 1.82) is 0 Å². The second kappa shape index (κ2) is 12.3. The first-order valence-electron chi connectivity index (χ1n) is 13.0. The fourth-order valence-electron chi connectivity index (χ4n) is 4.56. The molecule has 4 rings (SSSR count). The highest BCUT2D eigenvalue weighted by Crippen LogP contribution is 2.36. The monoisotopic (exact) mass is 612 g/mol. The van der Waals surface area contributed by atoms with Gasteiger partial charge in [0.25, 0.3) is 0 Å². The van der Waals surface area contributed by atoms with Crippen molar-refractivity contribution in [3.05, 3.63) is 93.5 Å². The van der Waals surface area contributed by atoms with Gasteiger partial charge in [-0.3, -0.25) is 9.69 Å². The minimum absolute atomic E-state index is 0.0840. The number of carbonyl (C=O) groups is 2. The summed E-state index contributed by atoms with van der Waals surface area (Å²) in [5, 5.41) is 2.54. The van der Waals surface area contributed by atoms with Gasteiger partial charge < -0.3 is 10.1 Å². The van der Waals surface area contributed by atoms with Crippen molar-refractivity contribution < 1.29 is 22.7 Å². The molecule has 39 heavy (non-hydrogen) atoms. The number of hydrogen-bond donors (Lipinski definition) is 1. The standard InChI is InChI=1S/C30H33BrN2O5S/c1-4-23-17-25(11-15-28(23)39(36,37)26-12-13-26)32-29(34)18-33(21(3)27-14-10-24(31)16-20(27)2)30(35)38-19-22-8-6-5-7-9-22/h5-11,14-17,21,26H,4,12-13,18-19H2,1-3H3,(H,32,34)/t21-/m1/s1. The van der Waals surface area contributed by atoms with Crippen LogP contribution >= 0.6 is 15.9 Å². The van der Waals surface area contributed by atoms with Gasteiger partial charge >= 0.3 is 6.09 Å². The number of rotatable bonds is 10. The van der Waals surface area contributed by atoms with E-state index in [0.29, 0.717) is 35.4 Å². The van der Waals surface area contributed by atoms with Crippen LogP contribution in [0.15, 0.2) is 76.1 Å². The first-order valence-corrected chi connectivity index (χ1v) is 15.3. The third-order valence-corrected chi connectivity index (χ3v) is 9.75. The lowest BCUT2D eigenvalue weighted by atomic mass is 10.0. The highest BCUT2D eigenvalue weighted by atomic mass is 79.9. The molecule has 7 nitrogen and oxygen atoms in total. The largest absolute Gasteiger partial charge is 0.445 e. The molecule has 0 spiro atoms. The van der Waals surface area contributed by atoms with E-state index >= 15 is 0 Å². The van der Waals surface area contributed by atoms with Crippen molar-refractivity contribution in [2.45, 2.75) is 62.8 Å². The Hall–Kier alpha value is -3.17. The molecule has 0 radical (unpaired) electrons. The molecule has 2 amide bonds. The summed E-state index contributed by atoms with van der Waals surface area (Å²) in [5.41, 5.74) is 3.86. The second-order valence-corrected chi connectivity index (χ2v) is 12.9. The average Bonchev–Trinajstić information content (AvgIpc) is 3.77. The van der Waals surface area contributed by atoms with Gasteiger partial charge in [-0.15, -0.1) is 0 Å². The van der Waals surface area contributed by atoms with E-state index in [0.717, 1.165) is 21.2 Å². The highest BCUT2D eigenvalue weighted by molar-refractivity contribution is 9.10. The highest BCUT2D eigenvalue weighted by Gasteiger charge is 2.38. The number of hydrogen-bond acceptors (Lipinski definition) is 5. The number of nitrogens with zero attached hydrogens (tertiary/aromatic N) is 1. The van der Waals surface area contributed by atoms with Crippen molar-refractivity contribution in [1.82, 2.24) is 4.90 Å². The molecule has 9 heteroatoms. The summed E-state index contributed by atoms with van der Waals surface area (Å²) >= 11 is 3.47. The maximum Gasteiger partial charge on any atom is 0.411 e. The van der Waals surface area contributed by atoms with E-state index in [1.807, 2.05) is 69.3 Å². The lowest BCUT2D eigenvalue weighted by Crippen LogP contribution is -2.40. The maximum atomic E-state index is 13.3. The molecule has 1 aliphatic rings. The van der Waals surface area contributed by atoms with Gasteiger partial charge in [0.15, 0.2) is 9.84 Å². The lowest BCUT2D eigenvalue weighted by molar-refractivity contribution is -0.117. The Kier molecular flexibility index (Phi) is 9.12. The van der Waals surface area contributed by atoms with E-state index in [-0.39, 0.29) is 18.4 Å². The van der Waals surface area contributed by atoms with Gasteiger partial charge in [0.1, 0.15) is 13.2 Å². The number of ether oxygens (including phenoxy) is 1. The molecular weight excluding hydrogens is 580 g/mol. The van der Waals surface area contributed by atoms with Gasteiger partial charge in [-0.2, -0.15) is 0 Å². The smallest absolute Gasteiger partial charge is 0.411 e. The number of sulfone groups is 1. The summed E-state index contributed by atoms with van der Waals surface area (Å²) in [5.74, 6) is -0.409. The molecule has 206 valence electrons. The summed E-state index contributed by atoms with van der Waals surface area (Å²) in [7, 11) is -3.35. The Labute approximate surface area is 238 Å². The molecule has 1 aliphatic carbocycles. The SMILES string of the molecule is CCc1cc(NC(=O)CN(C(=O)OCc2ccccc2)[C@H](C)c2ccc(Br)cc2C)ccc1S(=O)(=O)C1CC1. The van der Waals surface area contributed by atoms with Crippen LogP contribution in [0.1, 0.15) is 55.0 Å². The summed E-state index contributed by atoms with van der Waals surface area (Å²) in [6.07, 6.45) is 1.29. The van der Waals surface area contributed by atoms with Gasteiger partial charge in [-0.25, -0.2) is 13.2 Å². The fourth-order valence-corrected chi connectivity index (χ4v) is 6.98. The minimum atomic E-state index is -3.35. The number of nitrogens with one attached hydrogen (secondary N) is 1. The molecular formula is C30H33BrN2O5S. The van der Waals surface area contributed by atoms with Gasteiger partial charge in [-0.05, 0) is 85.7 Å². The molecule has 3 aromatic carbocycles. The topological polar surface area (TPSA) is 92.8 Å². The van der Waals surface area contributed by atoms with E-state index in [1.54, 1.807) is 18.2 Å². The first kappa shape index (κ1) is 28.8. The molecule has 0 saturated heterocycles. The van der Waals surface area contributed by atoms with Crippen LogP contribution in [0.3, 0.4) is 0 Å². The fraction of sp³-hybridized carbons (Fsp3) is 0.333. The van der Waals surface area contributed by atoms with Crippen molar-refractivity contribution in [3.63, 3.8) is 0 Å². The predicted octanol–water partition coefficient (Wildman–Crippen LogP) is 6.59.